The monoisotopic (exact) mass is 311 g/mol. The summed E-state index contributed by atoms with van der Waals surface area (Å²) in [6.07, 6.45) is 4.30. The smallest absolute Gasteiger partial charge is 0.153 e. The van der Waals surface area contributed by atoms with Gasteiger partial charge in [-0.2, -0.15) is 5.10 Å². The van der Waals surface area contributed by atoms with Crippen LogP contribution in [0.25, 0.3) is 11.3 Å². The first-order valence-corrected chi connectivity index (χ1v) is 6.29. The number of carbonyl (C=O) groups excluding carboxylic acids is 1. The van der Waals surface area contributed by atoms with E-state index in [4.69, 9.17) is 0 Å². The van der Waals surface area contributed by atoms with E-state index in [1.165, 1.54) is 6.07 Å². The van der Waals surface area contributed by atoms with Crippen LogP contribution in [0.15, 0.2) is 23.1 Å². The summed E-state index contributed by atoms with van der Waals surface area (Å²) in [5, 5.41) is 4.24. The van der Waals surface area contributed by atoms with Crippen molar-refractivity contribution in [3.63, 3.8) is 0 Å². The first kappa shape index (κ1) is 12.9. The lowest BCUT2D eigenvalue weighted by Crippen LogP contribution is -1.97. The van der Waals surface area contributed by atoms with Crippen molar-refractivity contribution in [2.45, 2.75) is 19.9 Å². The van der Waals surface area contributed by atoms with Crippen molar-refractivity contribution in [1.82, 2.24) is 14.8 Å². The fraction of sp³-hybridized carbons (Fsp3) is 0.250. The average molecular weight is 312 g/mol. The molecule has 18 heavy (non-hydrogen) atoms. The van der Waals surface area contributed by atoms with Gasteiger partial charge < -0.3 is 0 Å². The molecule has 0 aliphatic carbocycles. The third kappa shape index (κ3) is 2.48. The van der Waals surface area contributed by atoms with Gasteiger partial charge in [-0.3, -0.25) is 9.48 Å². The number of hydrogen-bond donors (Lipinski definition) is 0. The van der Waals surface area contributed by atoms with E-state index in [-0.39, 0.29) is 5.56 Å². The van der Waals surface area contributed by atoms with E-state index < -0.39 is 5.82 Å². The molecule has 2 aromatic heterocycles. The van der Waals surface area contributed by atoms with Crippen LogP contribution < -0.4 is 0 Å². The summed E-state index contributed by atoms with van der Waals surface area (Å²) >= 11 is 3.18. The molecule has 0 saturated carbocycles. The highest BCUT2D eigenvalue weighted by molar-refractivity contribution is 9.10. The van der Waals surface area contributed by atoms with Gasteiger partial charge in [0.05, 0.1) is 11.8 Å². The van der Waals surface area contributed by atoms with Gasteiger partial charge in [0.1, 0.15) is 10.3 Å². The molecule has 0 N–H and O–H groups in total. The van der Waals surface area contributed by atoms with Crippen LogP contribution in [0, 0.1) is 5.82 Å². The van der Waals surface area contributed by atoms with Crippen LogP contribution in [0.5, 0.6) is 0 Å². The molecule has 94 valence electrons. The molecule has 0 radical (unpaired) electrons. The van der Waals surface area contributed by atoms with Gasteiger partial charge in [-0.1, -0.05) is 6.92 Å². The largest absolute Gasteiger partial charge is 0.298 e. The van der Waals surface area contributed by atoms with Crippen molar-refractivity contribution in [3.05, 3.63) is 34.4 Å². The highest BCUT2D eigenvalue weighted by Gasteiger charge is 2.15. The molecule has 0 amide bonds. The number of halogens is 2. The quantitative estimate of drug-likeness (QED) is 0.644. The van der Waals surface area contributed by atoms with Gasteiger partial charge in [0.15, 0.2) is 12.1 Å². The molecule has 0 atom stereocenters. The molecule has 0 fully saturated rings. The lowest BCUT2D eigenvalue weighted by atomic mass is 10.1. The number of rotatable bonds is 4. The van der Waals surface area contributed by atoms with Crippen molar-refractivity contribution in [2.75, 3.05) is 0 Å². The van der Waals surface area contributed by atoms with Crippen LogP contribution in [-0.2, 0) is 6.54 Å². The summed E-state index contributed by atoms with van der Waals surface area (Å²) in [5.41, 5.74) is 0.994. The van der Waals surface area contributed by atoms with Crippen molar-refractivity contribution in [1.29, 1.82) is 0 Å². The highest BCUT2D eigenvalue weighted by Crippen LogP contribution is 2.25. The Morgan fingerprint density at radius 2 is 2.33 bits per heavy atom. The van der Waals surface area contributed by atoms with Crippen LogP contribution in [-0.4, -0.2) is 21.1 Å². The van der Waals surface area contributed by atoms with Gasteiger partial charge in [0, 0.05) is 18.3 Å². The summed E-state index contributed by atoms with van der Waals surface area (Å²) in [5.74, 6) is -0.497. The molecule has 0 saturated heterocycles. The number of nitrogens with zero attached hydrogens (tertiary/aromatic N) is 3. The number of aromatic nitrogens is 3. The van der Waals surface area contributed by atoms with E-state index in [0.717, 1.165) is 12.6 Å². The Hall–Kier alpha value is -1.56. The first-order valence-electron chi connectivity index (χ1n) is 5.49. The topological polar surface area (TPSA) is 47.8 Å². The van der Waals surface area contributed by atoms with Crippen molar-refractivity contribution < 1.29 is 9.18 Å². The zero-order valence-electron chi connectivity index (χ0n) is 9.73. The zero-order valence-corrected chi connectivity index (χ0v) is 11.3. The van der Waals surface area contributed by atoms with Crippen LogP contribution in [0.2, 0.25) is 0 Å². The molecule has 2 rings (SSSR count). The molecule has 2 aromatic rings. The molecule has 0 aliphatic heterocycles. The maximum Gasteiger partial charge on any atom is 0.153 e. The Morgan fingerprint density at radius 1 is 1.56 bits per heavy atom. The molecule has 0 aliphatic rings. The zero-order chi connectivity index (χ0) is 13.1. The number of pyridine rings is 1. The first-order chi connectivity index (χ1) is 8.65. The van der Waals surface area contributed by atoms with E-state index in [0.29, 0.717) is 28.7 Å². The SMILES string of the molecule is CCCn1cc(C=O)c(-c2cc(Br)ncc2F)n1. The highest BCUT2D eigenvalue weighted by atomic mass is 79.9. The molecular weight excluding hydrogens is 301 g/mol. The molecule has 0 aromatic carbocycles. The predicted octanol–water partition coefficient (Wildman–Crippen LogP) is 3.07. The van der Waals surface area contributed by atoms with E-state index in [1.807, 2.05) is 6.92 Å². The van der Waals surface area contributed by atoms with E-state index in [1.54, 1.807) is 10.9 Å². The maximum absolute atomic E-state index is 13.7. The van der Waals surface area contributed by atoms with Gasteiger partial charge >= 0.3 is 0 Å². The van der Waals surface area contributed by atoms with Crippen molar-refractivity contribution >= 4 is 22.2 Å². The van der Waals surface area contributed by atoms with Crippen LogP contribution >= 0.6 is 15.9 Å². The number of aryl methyl sites for hydroxylation is 1. The number of aldehydes is 1. The fourth-order valence-corrected chi connectivity index (χ4v) is 2.00. The fourth-order valence-electron chi connectivity index (χ4n) is 1.67. The third-order valence-electron chi connectivity index (χ3n) is 2.45. The second kappa shape index (κ2) is 5.39. The summed E-state index contributed by atoms with van der Waals surface area (Å²) < 4.78 is 15.9. The van der Waals surface area contributed by atoms with Crippen molar-refractivity contribution in [2.24, 2.45) is 0 Å². The summed E-state index contributed by atoms with van der Waals surface area (Å²) in [7, 11) is 0. The number of hydrogen-bond acceptors (Lipinski definition) is 3. The molecule has 2 heterocycles. The molecule has 0 unspecified atom stereocenters. The van der Waals surface area contributed by atoms with E-state index in [2.05, 4.69) is 26.0 Å². The minimum atomic E-state index is -0.497. The Morgan fingerprint density at radius 3 is 3.00 bits per heavy atom. The Kier molecular flexibility index (Phi) is 3.86. The Labute approximate surface area is 112 Å². The summed E-state index contributed by atoms with van der Waals surface area (Å²) in [6.45, 7) is 2.69. The van der Waals surface area contributed by atoms with Gasteiger partial charge in [-0.25, -0.2) is 9.37 Å². The lowest BCUT2D eigenvalue weighted by molar-refractivity contribution is 0.112. The second-order valence-electron chi connectivity index (χ2n) is 3.80. The second-order valence-corrected chi connectivity index (χ2v) is 4.61. The number of carbonyl (C=O) groups is 1. The Balaban J connectivity index is 2.54. The third-order valence-corrected chi connectivity index (χ3v) is 2.88. The minimum Gasteiger partial charge on any atom is -0.298 e. The van der Waals surface area contributed by atoms with Crippen LogP contribution in [0.3, 0.4) is 0 Å². The van der Waals surface area contributed by atoms with Gasteiger partial charge in [0.2, 0.25) is 0 Å². The normalized spacial score (nSPS) is 10.6. The van der Waals surface area contributed by atoms with E-state index in [9.17, 15) is 9.18 Å². The Bertz CT molecular complexity index is 583. The minimum absolute atomic E-state index is 0.272. The van der Waals surface area contributed by atoms with Gasteiger partial charge in [-0.05, 0) is 28.4 Å². The standard InChI is InChI=1S/C12H11BrFN3O/c1-2-3-17-6-8(7-18)12(16-17)9-4-11(13)15-5-10(9)14/h4-7H,2-3H2,1H3. The molecule has 0 bridgehead atoms. The van der Waals surface area contributed by atoms with E-state index >= 15 is 0 Å². The lowest BCUT2D eigenvalue weighted by Gasteiger charge is -2.01. The van der Waals surface area contributed by atoms with Crippen LogP contribution in [0.1, 0.15) is 23.7 Å². The summed E-state index contributed by atoms with van der Waals surface area (Å²) in [6, 6.07) is 1.51. The summed E-state index contributed by atoms with van der Waals surface area (Å²) in [4.78, 5) is 14.8. The van der Waals surface area contributed by atoms with Crippen molar-refractivity contribution in [3.8, 4) is 11.3 Å². The molecule has 6 heteroatoms. The maximum atomic E-state index is 13.7. The molecule has 0 spiro atoms. The van der Waals surface area contributed by atoms with Crippen LogP contribution in [0.4, 0.5) is 4.39 Å². The predicted molar refractivity (Wildman–Crippen MR) is 68.8 cm³/mol. The van der Waals surface area contributed by atoms with Gasteiger partial charge in [0.25, 0.3) is 0 Å². The van der Waals surface area contributed by atoms with Gasteiger partial charge in [-0.15, -0.1) is 0 Å². The molecular formula is C12H11BrFN3O. The average Bonchev–Trinajstić information content (AvgIpc) is 2.76. The molecule has 4 nitrogen and oxygen atoms in total.